The average molecular weight is 277 g/mol. The smallest absolute Gasteiger partial charge is 0.355 e. The lowest BCUT2D eigenvalue weighted by molar-refractivity contribution is -0.133. The number of nitrogens with zero attached hydrogens (tertiary/aromatic N) is 2. The highest BCUT2D eigenvalue weighted by atomic mass is 16.5. The van der Waals surface area contributed by atoms with Crippen molar-refractivity contribution in [2.24, 2.45) is 0 Å². The number of ether oxygens (including phenoxy) is 1. The lowest BCUT2D eigenvalue weighted by Crippen LogP contribution is -2.33. The molecule has 0 bridgehead atoms. The average Bonchev–Trinajstić information content (AvgIpc) is 3.32. The van der Waals surface area contributed by atoms with Crippen molar-refractivity contribution in [2.45, 2.75) is 37.8 Å². The quantitative estimate of drug-likeness (QED) is 0.820. The molecule has 108 valence electrons. The van der Waals surface area contributed by atoms with E-state index in [2.05, 4.69) is 0 Å². The van der Waals surface area contributed by atoms with Crippen LogP contribution in [-0.2, 0) is 9.53 Å². The van der Waals surface area contributed by atoms with E-state index in [9.17, 15) is 9.59 Å². The zero-order chi connectivity index (χ0) is 14.3. The van der Waals surface area contributed by atoms with Crippen LogP contribution in [0.4, 0.5) is 5.69 Å². The van der Waals surface area contributed by atoms with Crippen molar-refractivity contribution < 1.29 is 14.3 Å². The fourth-order valence-corrected chi connectivity index (χ4v) is 2.29. The predicted molar refractivity (Wildman–Crippen MR) is 73.2 cm³/mol. The van der Waals surface area contributed by atoms with E-state index in [1.807, 2.05) is 4.57 Å². The number of hydrogen-bond acceptors (Lipinski definition) is 4. The highest BCUT2D eigenvalue weighted by molar-refractivity contribution is 5.91. The van der Waals surface area contributed by atoms with E-state index in [0.29, 0.717) is 23.5 Å². The van der Waals surface area contributed by atoms with Crippen molar-refractivity contribution >= 4 is 17.6 Å². The number of likely N-dealkylation sites (N-methyl/N-ethyl adjacent to an activating group) is 1. The molecule has 3 rings (SSSR count). The highest BCUT2D eigenvalue weighted by Crippen LogP contribution is 2.37. The van der Waals surface area contributed by atoms with E-state index in [1.165, 1.54) is 0 Å². The topological polar surface area (TPSA) is 77.6 Å². The molecule has 6 nitrogen and oxygen atoms in total. The molecule has 1 amide bonds. The summed E-state index contributed by atoms with van der Waals surface area (Å²) in [6.45, 7) is -0.207. The summed E-state index contributed by atoms with van der Waals surface area (Å²) in [5.41, 5.74) is 6.71. The Bertz CT molecular complexity index is 544. The molecule has 2 saturated carbocycles. The number of esters is 1. The number of rotatable bonds is 5. The monoisotopic (exact) mass is 277 g/mol. The maximum Gasteiger partial charge on any atom is 0.355 e. The Hall–Kier alpha value is -1.98. The second kappa shape index (κ2) is 4.85. The van der Waals surface area contributed by atoms with Gasteiger partial charge in [-0.2, -0.15) is 0 Å². The standard InChI is InChI=1S/C14H19N3O3/c1-16(10-2-3-10)13(18)8-20-14(19)12-6-9(15)7-17(12)11-4-5-11/h6-7,10-11H,2-5,8,15H2,1H3. The van der Waals surface area contributed by atoms with Gasteiger partial charge in [0.1, 0.15) is 5.69 Å². The van der Waals surface area contributed by atoms with E-state index in [0.717, 1.165) is 25.7 Å². The second-order valence-corrected chi connectivity index (χ2v) is 5.61. The van der Waals surface area contributed by atoms with Crippen LogP contribution >= 0.6 is 0 Å². The van der Waals surface area contributed by atoms with Crippen molar-refractivity contribution in [3.63, 3.8) is 0 Å². The van der Waals surface area contributed by atoms with Gasteiger partial charge in [0.2, 0.25) is 0 Å². The first-order valence-electron chi connectivity index (χ1n) is 6.96. The Morgan fingerprint density at radius 2 is 2.10 bits per heavy atom. The SMILES string of the molecule is CN(C(=O)COC(=O)c1cc(N)cn1C1CC1)C1CC1. The van der Waals surface area contributed by atoms with E-state index in [-0.39, 0.29) is 12.5 Å². The van der Waals surface area contributed by atoms with Crippen LogP contribution < -0.4 is 5.73 Å². The van der Waals surface area contributed by atoms with Crippen LogP contribution in [0.25, 0.3) is 0 Å². The van der Waals surface area contributed by atoms with Gasteiger partial charge in [0, 0.05) is 25.3 Å². The van der Waals surface area contributed by atoms with E-state index in [4.69, 9.17) is 10.5 Å². The summed E-state index contributed by atoms with van der Waals surface area (Å²) >= 11 is 0. The molecule has 1 aromatic rings. The lowest BCUT2D eigenvalue weighted by Gasteiger charge is -2.16. The molecule has 1 heterocycles. The molecule has 2 aliphatic carbocycles. The van der Waals surface area contributed by atoms with Gasteiger partial charge in [0.15, 0.2) is 6.61 Å². The van der Waals surface area contributed by atoms with Gasteiger partial charge < -0.3 is 19.9 Å². The summed E-state index contributed by atoms with van der Waals surface area (Å²) in [6, 6.07) is 2.28. The number of aromatic nitrogens is 1. The van der Waals surface area contributed by atoms with Gasteiger partial charge in [-0.1, -0.05) is 0 Å². The molecule has 6 heteroatoms. The van der Waals surface area contributed by atoms with Crippen molar-refractivity contribution in [3.8, 4) is 0 Å². The van der Waals surface area contributed by atoms with Gasteiger partial charge in [-0.15, -0.1) is 0 Å². The normalized spacial score (nSPS) is 17.9. The molecule has 20 heavy (non-hydrogen) atoms. The molecular weight excluding hydrogens is 258 g/mol. The van der Waals surface area contributed by atoms with Gasteiger partial charge in [-0.3, -0.25) is 4.79 Å². The molecule has 2 aliphatic rings. The molecule has 2 fully saturated rings. The fourth-order valence-electron chi connectivity index (χ4n) is 2.29. The number of carbonyl (C=O) groups excluding carboxylic acids is 2. The summed E-state index contributed by atoms with van der Waals surface area (Å²) < 4.78 is 6.97. The van der Waals surface area contributed by atoms with Crippen molar-refractivity contribution in [3.05, 3.63) is 18.0 Å². The van der Waals surface area contributed by atoms with Crippen LogP contribution in [0, 0.1) is 0 Å². The lowest BCUT2D eigenvalue weighted by atomic mass is 10.4. The Morgan fingerprint density at radius 3 is 2.70 bits per heavy atom. The van der Waals surface area contributed by atoms with Crippen molar-refractivity contribution in [2.75, 3.05) is 19.4 Å². The number of nitrogens with two attached hydrogens (primary N) is 1. The van der Waals surface area contributed by atoms with E-state index < -0.39 is 5.97 Å². The fraction of sp³-hybridized carbons (Fsp3) is 0.571. The van der Waals surface area contributed by atoms with Gasteiger partial charge in [0.25, 0.3) is 5.91 Å². The first kappa shape index (κ1) is 13.0. The minimum Gasteiger partial charge on any atom is -0.451 e. The summed E-state index contributed by atoms with van der Waals surface area (Å²) in [4.78, 5) is 25.5. The summed E-state index contributed by atoms with van der Waals surface area (Å²) in [6.07, 6.45) is 5.94. The molecule has 0 aromatic carbocycles. The summed E-state index contributed by atoms with van der Waals surface area (Å²) in [5.74, 6) is -0.635. The molecule has 2 N–H and O–H groups in total. The van der Waals surface area contributed by atoms with Crippen LogP contribution in [0.15, 0.2) is 12.3 Å². The zero-order valence-electron chi connectivity index (χ0n) is 11.5. The maximum absolute atomic E-state index is 12.1. The first-order chi connectivity index (χ1) is 9.56. The number of nitrogen functional groups attached to an aromatic ring is 1. The molecule has 0 aliphatic heterocycles. The minimum atomic E-state index is -0.480. The van der Waals surface area contributed by atoms with E-state index in [1.54, 1.807) is 24.2 Å². The van der Waals surface area contributed by atoms with Gasteiger partial charge in [-0.25, -0.2) is 4.79 Å². The predicted octanol–water partition coefficient (Wildman–Crippen LogP) is 1.18. The zero-order valence-corrected chi connectivity index (χ0v) is 11.5. The summed E-state index contributed by atoms with van der Waals surface area (Å²) in [7, 11) is 1.75. The molecule has 0 spiro atoms. The largest absolute Gasteiger partial charge is 0.451 e. The van der Waals surface area contributed by atoms with Crippen molar-refractivity contribution in [1.82, 2.24) is 9.47 Å². The van der Waals surface area contributed by atoms with Crippen molar-refractivity contribution in [1.29, 1.82) is 0 Å². The van der Waals surface area contributed by atoms with Crippen LogP contribution in [0.5, 0.6) is 0 Å². The molecule has 0 atom stereocenters. The third kappa shape index (κ3) is 2.64. The van der Waals surface area contributed by atoms with Crippen LogP contribution in [0.2, 0.25) is 0 Å². The third-order valence-corrected chi connectivity index (χ3v) is 3.83. The minimum absolute atomic E-state index is 0.154. The van der Waals surface area contributed by atoms with Crippen LogP contribution in [0.1, 0.15) is 42.2 Å². The van der Waals surface area contributed by atoms with Crippen LogP contribution in [-0.4, -0.2) is 41.0 Å². The third-order valence-electron chi connectivity index (χ3n) is 3.83. The Morgan fingerprint density at radius 1 is 1.40 bits per heavy atom. The Balaban J connectivity index is 1.60. The van der Waals surface area contributed by atoms with Gasteiger partial charge in [-0.05, 0) is 31.7 Å². The van der Waals surface area contributed by atoms with Gasteiger partial charge in [0.05, 0.1) is 5.69 Å². The number of hydrogen-bond donors (Lipinski definition) is 1. The van der Waals surface area contributed by atoms with E-state index >= 15 is 0 Å². The molecule has 0 radical (unpaired) electrons. The van der Waals surface area contributed by atoms with Gasteiger partial charge >= 0.3 is 5.97 Å². The van der Waals surface area contributed by atoms with Crippen LogP contribution in [0.3, 0.4) is 0 Å². The Kier molecular flexibility index (Phi) is 3.16. The number of anilines is 1. The molecule has 0 saturated heterocycles. The second-order valence-electron chi connectivity index (χ2n) is 5.61. The number of amides is 1. The maximum atomic E-state index is 12.1. The Labute approximate surface area is 117 Å². The molecule has 1 aromatic heterocycles. The molecule has 0 unspecified atom stereocenters. The highest BCUT2D eigenvalue weighted by Gasteiger charge is 2.31. The number of carbonyl (C=O) groups is 2. The molecular formula is C14H19N3O3. The summed E-state index contributed by atoms with van der Waals surface area (Å²) in [5, 5.41) is 0. The first-order valence-corrected chi connectivity index (χ1v) is 6.96.